The van der Waals surface area contributed by atoms with E-state index in [1.807, 2.05) is 25.1 Å². The van der Waals surface area contributed by atoms with Crippen molar-refractivity contribution in [3.8, 4) is 5.75 Å². The molecule has 0 aromatic heterocycles. The molecule has 0 saturated carbocycles. The summed E-state index contributed by atoms with van der Waals surface area (Å²) in [6.07, 6.45) is 0.983. The van der Waals surface area contributed by atoms with Gasteiger partial charge in [0.25, 0.3) is 0 Å². The largest absolute Gasteiger partial charge is 0.488 e. The van der Waals surface area contributed by atoms with Crippen LogP contribution < -0.4 is 10.5 Å². The van der Waals surface area contributed by atoms with E-state index in [-0.39, 0.29) is 5.60 Å². The number of anilines is 1. The topological polar surface area (TPSA) is 35.2 Å². The molecule has 1 aromatic carbocycles. The van der Waals surface area contributed by atoms with Crippen LogP contribution in [0.15, 0.2) is 18.2 Å². The molecule has 0 aliphatic rings. The van der Waals surface area contributed by atoms with Crippen LogP contribution in [-0.2, 0) is 0 Å². The summed E-state index contributed by atoms with van der Waals surface area (Å²) in [5.41, 5.74) is 7.43. The van der Waals surface area contributed by atoms with E-state index in [9.17, 15) is 0 Å². The van der Waals surface area contributed by atoms with Gasteiger partial charge in [0.1, 0.15) is 11.4 Å². The van der Waals surface area contributed by atoms with Crippen molar-refractivity contribution in [2.45, 2.75) is 39.7 Å². The first-order chi connectivity index (χ1) is 6.44. The molecule has 2 nitrogen and oxygen atoms in total. The maximum Gasteiger partial charge on any atom is 0.123 e. The maximum atomic E-state index is 5.88. The summed E-state index contributed by atoms with van der Waals surface area (Å²) in [6, 6.07) is 5.73. The van der Waals surface area contributed by atoms with Gasteiger partial charge in [-0.05, 0) is 51.0 Å². The van der Waals surface area contributed by atoms with Crippen LogP contribution in [-0.4, -0.2) is 5.60 Å². The number of hydrogen-bond acceptors (Lipinski definition) is 2. The zero-order valence-corrected chi connectivity index (χ0v) is 9.42. The van der Waals surface area contributed by atoms with E-state index >= 15 is 0 Å². The standard InChI is InChI=1S/C12H19NO/c1-5-12(3,4)14-11-7-6-10(13)8-9(11)2/h6-8H,5,13H2,1-4H3. The summed E-state index contributed by atoms with van der Waals surface area (Å²) < 4.78 is 5.88. The Labute approximate surface area is 86.1 Å². The van der Waals surface area contributed by atoms with Gasteiger partial charge in [-0.1, -0.05) is 6.92 Å². The fourth-order valence-corrected chi connectivity index (χ4v) is 1.16. The van der Waals surface area contributed by atoms with Crippen molar-refractivity contribution >= 4 is 5.69 Å². The van der Waals surface area contributed by atoms with E-state index in [1.165, 1.54) is 0 Å². The number of benzene rings is 1. The highest BCUT2D eigenvalue weighted by Gasteiger charge is 2.17. The molecule has 0 spiro atoms. The summed E-state index contributed by atoms with van der Waals surface area (Å²) in [4.78, 5) is 0. The zero-order chi connectivity index (χ0) is 10.8. The van der Waals surface area contributed by atoms with Crippen molar-refractivity contribution < 1.29 is 4.74 Å². The Bertz CT molecular complexity index is 318. The van der Waals surface area contributed by atoms with Crippen LogP contribution in [0.5, 0.6) is 5.75 Å². The first-order valence-electron chi connectivity index (χ1n) is 5.00. The minimum Gasteiger partial charge on any atom is -0.488 e. The minimum atomic E-state index is -0.110. The predicted molar refractivity (Wildman–Crippen MR) is 60.6 cm³/mol. The lowest BCUT2D eigenvalue weighted by molar-refractivity contribution is 0.104. The van der Waals surface area contributed by atoms with Crippen molar-refractivity contribution in [2.24, 2.45) is 0 Å². The molecule has 0 aliphatic heterocycles. The Hall–Kier alpha value is -1.18. The van der Waals surface area contributed by atoms with Crippen LogP contribution in [0, 0.1) is 6.92 Å². The van der Waals surface area contributed by atoms with Gasteiger partial charge in [-0.2, -0.15) is 0 Å². The predicted octanol–water partition coefficient (Wildman–Crippen LogP) is 3.14. The van der Waals surface area contributed by atoms with Gasteiger partial charge in [-0.3, -0.25) is 0 Å². The van der Waals surface area contributed by atoms with Gasteiger partial charge >= 0.3 is 0 Å². The van der Waals surface area contributed by atoms with Crippen molar-refractivity contribution in [3.63, 3.8) is 0 Å². The van der Waals surface area contributed by atoms with Crippen molar-refractivity contribution in [3.05, 3.63) is 23.8 Å². The van der Waals surface area contributed by atoms with Crippen LogP contribution in [0.2, 0.25) is 0 Å². The van der Waals surface area contributed by atoms with Crippen molar-refractivity contribution in [2.75, 3.05) is 5.73 Å². The summed E-state index contributed by atoms with van der Waals surface area (Å²) in [5.74, 6) is 0.922. The molecule has 0 saturated heterocycles. The Morgan fingerprint density at radius 2 is 2.00 bits per heavy atom. The SMILES string of the molecule is CCC(C)(C)Oc1ccc(N)cc1C. The average Bonchev–Trinajstić information content (AvgIpc) is 2.10. The zero-order valence-electron chi connectivity index (χ0n) is 9.42. The highest BCUT2D eigenvalue weighted by atomic mass is 16.5. The number of nitrogens with two attached hydrogens (primary N) is 1. The molecule has 1 aromatic rings. The van der Waals surface area contributed by atoms with Crippen LogP contribution in [0.3, 0.4) is 0 Å². The van der Waals surface area contributed by atoms with Gasteiger partial charge in [0.2, 0.25) is 0 Å². The Kier molecular flexibility index (Phi) is 3.04. The molecule has 0 amide bonds. The molecule has 2 heteroatoms. The van der Waals surface area contributed by atoms with E-state index in [2.05, 4.69) is 20.8 Å². The number of hydrogen-bond donors (Lipinski definition) is 1. The van der Waals surface area contributed by atoms with Crippen molar-refractivity contribution in [1.82, 2.24) is 0 Å². The monoisotopic (exact) mass is 193 g/mol. The average molecular weight is 193 g/mol. The van der Waals surface area contributed by atoms with E-state index in [0.29, 0.717) is 0 Å². The van der Waals surface area contributed by atoms with Gasteiger partial charge in [-0.15, -0.1) is 0 Å². The first-order valence-corrected chi connectivity index (χ1v) is 5.00. The smallest absolute Gasteiger partial charge is 0.123 e. The molecule has 14 heavy (non-hydrogen) atoms. The molecular formula is C12H19NO. The maximum absolute atomic E-state index is 5.88. The third-order valence-electron chi connectivity index (χ3n) is 2.44. The fourth-order valence-electron chi connectivity index (χ4n) is 1.16. The number of rotatable bonds is 3. The highest BCUT2D eigenvalue weighted by Crippen LogP contribution is 2.25. The molecule has 0 fully saturated rings. The molecular weight excluding hydrogens is 174 g/mol. The lowest BCUT2D eigenvalue weighted by atomic mass is 10.1. The lowest BCUT2D eigenvalue weighted by Crippen LogP contribution is -2.27. The second kappa shape index (κ2) is 3.91. The lowest BCUT2D eigenvalue weighted by Gasteiger charge is -2.26. The van der Waals surface area contributed by atoms with E-state index in [4.69, 9.17) is 10.5 Å². The molecule has 2 N–H and O–H groups in total. The number of nitrogen functional groups attached to an aromatic ring is 1. The van der Waals surface area contributed by atoms with E-state index < -0.39 is 0 Å². The van der Waals surface area contributed by atoms with Gasteiger partial charge in [0.05, 0.1) is 0 Å². The van der Waals surface area contributed by atoms with Crippen LogP contribution in [0.4, 0.5) is 5.69 Å². The molecule has 0 unspecified atom stereocenters. The van der Waals surface area contributed by atoms with Gasteiger partial charge < -0.3 is 10.5 Å². The first kappa shape index (κ1) is 10.9. The molecule has 0 bridgehead atoms. The fraction of sp³-hybridized carbons (Fsp3) is 0.500. The summed E-state index contributed by atoms with van der Waals surface area (Å²) in [5, 5.41) is 0. The molecule has 0 aliphatic carbocycles. The van der Waals surface area contributed by atoms with Gasteiger partial charge in [0.15, 0.2) is 0 Å². The second-order valence-electron chi connectivity index (χ2n) is 4.24. The molecule has 0 radical (unpaired) electrons. The summed E-state index contributed by atoms with van der Waals surface area (Å²) in [7, 11) is 0. The molecule has 0 atom stereocenters. The molecule has 1 rings (SSSR count). The quantitative estimate of drug-likeness (QED) is 0.748. The number of aryl methyl sites for hydroxylation is 1. The second-order valence-corrected chi connectivity index (χ2v) is 4.24. The molecule has 78 valence electrons. The van der Waals surface area contributed by atoms with Crippen LogP contribution >= 0.6 is 0 Å². The molecule has 0 heterocycles. The van der Waals surface area contributed by atoms with Crippen LogP contribution in [0.1, 0.15) is 32.8 Å². The van der Waals surface area contributed by atoms with Crippen molar-refractivity contribution in [1.29, 1.82) is 0 Å². The third kappa shape index (κ3) is 2.66. The summed E-state index contributed by atoms with van der Waals surface area (Å²) in [6.45, 7) is 8.30. The Balaban J connectivity index is 2.87. The third-order valence-corrected chi connectivity index (χ3v) is 2.44. The highest BCUT2D eigenvalue weighted by molar-refractivity contribution is 5.47. The summed E-state index contributed by atoms with van der Waals surface area (Å²) >= 11 is 0. The number of ether oxygens (including phenoxy) is 1. The normalized spacial score (nSPS) is 11.4. The van der Waals surface area contributed by atoms with Gasteiger partial charge in [0, 0.05) is 5.69 Å². The van der Waals surface area contributed by atoms with Gasteiger partial charge in [-0.25, -0.2) is 0 Å². The van der Waals surface area contributed by atoms with E-state index in [0.717, 1.165) is 23.4 Å². The Morgan fingerprint density at radius 3 is 2.50 bits per heavy atom. The Morgan fingerprint density at radius 1 is 1.36 bits per heavy atom. The van der Waals surface area contributed by atoms with Crippen LogP contribution in [0.25, 0.3) is 0 Å². The minimum absolute atomic E-state index is 0.110. The van der Waals surface area contributed by atoms with E-state index in [1.54, 1.807) is 0 Å².